The van der Waals surface area contributed by atoms with Crippen LogP contribution >= 0.6 is 0 Å². The van der Waals surface area contributed by atoms with E-state index in [0.29, 0.717) is 6.54 Å². The zero-order valence-corrected chi connectivity index (χ0v) is 10.2. The molecule has 106 valence electrons. The maximum atomic E-state index is 13.8. The molecule has 0 radical (unpaired) electrons. The number of aliphatic hydroxyl groups is 2. The number of rotatable bonds is 6. The molecule has 7 heteroatoms. The average molecular weight is 275 g/mol. The molecule has 0 amide bonds. The Balaban J connectivity index is 3.07. The number of carboxylic acids is 1. The second kappa shape index (κ2) is 6.55. The molecule has 2 unspecified atom stereocenters. The van der Waals surface area contributed by atoms with E-state index in [2.05, 4.69) is 5.32 Å². The lowest BCUT2D eigenvalue weighted by Gasteiger charge is -2.19. The van der Waals surface area contributed by atoms with Crippen molar-refractivity contribution < 1.29 is 28.9 Å². The molecule has 0 saturated heterocycles. The van der Waals surface area contributed by atoms with Crippen LogP contribution in [0.1, 0.15) is 28.4 Å². The Kier molecular flexibility index (Phi) is 5.34. The minimum absolute atomic E-state index is 0.136. The maximum absolute atomic E-state index is 13.8. The predicted molar refractivity (Wildman–Crippen MR) is 62.8 cm³/mol. The van der Waals surface area contributed by atoms with E-state index >= 15 is 0 Å². The summed E-state index contributed by atoms with van der Waals surface area (Å²) >= 11 is 0. The van der Waals surface area contributed by atoms with E-state index in [1.165, 1.54) is 0 Å². The van der Waals surface area contributed by atoms with E-state index < -0.39 is 40.9 Å². The van der Waals surface area contributed by atoms with Gasteiger partial charge in [-0.2, -0.15) is 0 Å². The second-order valence-electron chi connectivity index (χ2n) is 4.04. The first-order valence-corrected chi connectivity index (χ1v) is 5.62. The van der Waals surface area contributed by atoms with Gasteiger partial charge in [-0.3, -0.25) is 0 Å². The van der Waals surface area contributed by atoms with E-state index in [0.717, 1.165) is 12.1 Å². The van der Waals surface area contributed by atoms with E-state index in [4.69, 9.17) is 5.11 Å². The second-order valence-corrected chi connectivity index (χ2v) is 4.04. The summed E-state index contributed by atoms with van der Waals surface area (Å²) in [4.78, 5) is 10.7. The summed E-state index contributed by atoms with van der Waals surface area (Å²) < 4.78 is 27.0. The molecule has 5 nitrogen and oxygen atoms in total. The third-order valence-corrected chi connectivity index (χ3v) is 2.71. The van der Waals surface area contributed by atoms with Gasteiger partial charge in [0.1, 0.15) is 23.3 Å². The first-order valence-electron chi connectivity index (χ1n) is 5.62. The third-order valence-electron chi connectivity index (χ3n) is 2.71. The van der Waals surface area contributed by atoms with Gasteiger partial charge >= 0.3 is 5.97 Å². The number of benzene rings is 1. The predicted octanol–water partition coefficient (Wildman–Crippen LogP) is 0.667. The fourth-order valence-corrected chi connectivity index (χ4v) is 1.65. The quantitative estimate of drug-likeness (QED) is 0.612. The van der Waals surface area contributed by atoms with Crippen LogP contribution in [0.5, 0.6) is 0 Å². The number of nitrogens with one attached hydrogen (secondary N) is 1. The van der Waals surface area contributed by atoms with Crippen LogP contribution in [0.4, 0.5) is 8.78 Å². The van der Waals surface area contributed by atoms with E-state index in [9.17, 15) is 23.8 Å². The minimum atomic E-state index is -1.77. The molecule has 1 rings (SSSR count). The molecule has 4 N–H and O–H groups in total. The molecule has 0 spiro atoms. The van der Waals surface area contributed by atoms with Gasteiger partial charge < -0.3 is 20.6 Å². The smallest absolute Gasteiger partial charge is 0.341 e. The van der Waals surface area contributed by atoms with Crippen LogP contribution in [0.15, 0.2) is 12.1 Å². The van der Waals surface area contributed by atoms with Crippen molar-refractivity contribution in [1.82, 2.24) is 5.32 Å². The molecule has 1 aromatic carbocycles. The Morgan fingerprint density at radius 2 is 2.00 bits per heavy atom. The van der Waals surface area contributed by atoms with Gasteiger partial charge in [-0.25, -0.2) is 13.6 Å². The molecule has 0 bridgehead atoms. The minimum Gasteiger partial charge on any atom is -0.477 e. The van der Waals surface area contributed by atoms with Gasteiger partial charge in [0.25, 0.3) is 0 Å². The maximum Gasteiger partial charge on any atom is 0.341 e. The molecule has 0 aliphatic heterocycles. The SMILES string of the molecule is CNCCC(O)C(O)c1ccc(F)c(C(=O)O)c1F. The highest BCUT2D eigenvalue weighted by molar-refractivity contribution is 5.88. The zero-order valence-electron chi connectivity index (χ0n) is 10.2. The highest BCUT2D eigenvalue weighted by atomic mass is 19.1. The lowest BCUT2D eigenvalue weighted by atomic mass is 9.99. The monoisotopic (exact) mass is 275 g/mol. The highest BCUT2D eigenvalue weighted by Gasteiger charge is 2.26. The number of hydrogen-bond donors (Lipinski definition) is 4. The summed E-state index contributed by atoms with van der Waals surface area (Å²) in [5.74, 6) is -4.37. The van der Waals surface area contributed by atoms with Crippen molar-refractivity contribution in [3.63, 3.8) is 0 Å². The first-order chi connectivity index (χ1) is 8.90. The Morgan fingerprint density at radius 3 is 2.53 bits per heavy atom. The van der Waals surface area contributed by atoms with Crippen molar-refractivity contribution in [3.8, 4) is 0 Å². The number of hydrogen-bond acceptors (Lipinski definition) is 4. The lowest BCUT2D eigenvalue weighted by molar-refractivity contribution is 0.0117. The van der Waals surface area contributed by atoms with Crippen LogP contribution in [0, 0.1) is 11.6 Å². The molecule has 0 fully saturated rings. The van der Waals surface area contributed by atoms with Gasteiger partial charge in [0, 0.05) is 5.56 Å². The molecule has 2 atom stereocenters. The number of halogens is 2. The normalized spacial score (nSPS) is 14.2. The van der Waals surface area contributed by atoms with Gasteiger partial charge in [-0.05, 0) is 26.1 Å². The molecule has 0 heterocycles. The van der Waals surface area contributed by atoms with E-state index in [1.807, 2.05) is 0 Å². The summed E-state index contributed by atoms with van der Waals surface area (Å²) in [6, 6.07) is 1.67. The standard InChI is InChI=1S/C12H15F2NO4/c1-15-5-4-8(16)11(17)6-2-3-7(13)9(10(6)14)12(18)19/h2-3,8,11,15-17H,4-5H2,1H3,(H,18,19). The van der Waals surface area contributed by atoms with Crippen molar-refractivity contribution in [3.05, 3.63) is 34.9 Å². The van der Waals surface area contributed by atoms with Gasteiger partial charge in [0.05, 0.1) is 6.10 Å². The summed E-state index contributed by atoms with van der Waals surface area (Å²) in [5.41, 5.74) is -1.58. The first kappa shape index (κ1) is 15.5. The summed E-state index contributed by atoms with van der Waals surface area (Å²) in [6.07, 6.45) is -2.77. The molecular weight excluding hydrogens is 260 g/mol. The summed E-state index contributed by atoms with van der Waals surface area (Å²) in [5, 5.41) is 30.8. The summed E-state index contributed by atoms with van der Waals surface area (Å²) in [7, 11) is 1.64. The Labute approximate surface area is 108 Å². The van der Waals surface area contributed by atoms with Crippen LogP contribution in [-0.4, -0.2) is 41.0 Å². The number of carbonyl (C=O) groups is 1. The van der Waals surface area contributed by atoms with Crippen LogP contribution in [0.2, 0.25) is 0 Å². The van der Waals surface area contributed by atoms with Crippen LogP contribution in [0.3, 0.4) is 0 Å². The molecule has 19 heavy (non-hydrogen) atoms. The van der Waals surface area contributed by atoms with Crippen molar-refractivity contribution in [2.24, 2.45) is 0 Å². The Bertz CT molecular complexity index is 467. The molecule has 0 aliphatic rings. The number of carboxylic acid groups (broad SMARTS) is 1. The molecule has 0 aliphatic carbocycles. The van der Waals surface area contributed by atoms with Crippen molar-refractivity contribution in [1.29, 1.82) is 0 Å². The summed E-state index contributed by atoms with van der Waals surface area (Å²) in [6.45, 7) is 0.382. The molecule has 0 aromatic heterocycles. The largest absolute Gasteiger partial charge is 0.477 e. The van der Waals surface area contributed by atoms with Crippen molar-refractivity contribution in [2.75, 3.05) is 13.6 Å². The molecule has 1 aromatic rings. The number of aromatic carboxylic acids is 1. The van der Waals surface area contributed by atoms with Gasteiger partial charge in [0.15, 0.2) is 0 Å². The third kappa shape index (κ3) is 3.46. The van der Waals surface area contributed by atoms with Crippen molar-refractivity contribution >= 4 is 5.97 Å². The lowest BCUT2D eigenvalue weighted by Crippen LogP contribution is -2.24. The fourth-order valence-electron chi connectivity index (χ4n) is 1.65. The van der Waals surface area contributed by atoms with Crippen molar-refractivity contribution in [2.45, 2.75) is 18.6 Å². The average Bonchev–Trinajstić information content (AvgIpc) is 2.34. The molecular formula is C12H15F2NO4. The Hall–Kier alpha value is -1.57. The van der Waals surface area contributed by atoms with Gasteiger partial charge in [-0.1, -0.05) is 6.07 Å². The highest BCUT2D eigenvalue weighted by Crippen LogP contribution is 2.25. The van der Waals surface area contributed by atoms with E-state index in [1.54, 1.807) is 7.05 Å². The zero-order chi connectivity index (χ0) is 14.6. The number of aliphatic hydroxyl groups excluding tert-OH is 2. The molecule has 0 saturated carbocycles. The van der Waals surface area contributed by atoms with Gasteiger partial charge in [0.2, 0.25) is 0 Å². The van der Waals surface area contributed by atoms with Crippen LogP contribution in [0.25, 0.3) is 0 Å². The Morgan fingerprint density at radius 1 is 1.37 bits per heavy atom. The van der Waals surface area contributed by atoms with Crippen LogP contribution in [-0.2, 0) is 0 Å². The fraction of sp³-hybridized carbons (Fsp3) is 0.417. The topological polar surface area (TPSA) is 89.8 Å². The van der Waals surface area contributed by atoms with E-state index in [-0.39, 0.29) is 6.42 Å². The van der Waals surface area contributed by atoms with Crippen LogP contribution < -0.4 is 5.32 Å². The van der Waals surface area contributed by atoms with Gasteiger partial charge in [-0.15, -0.1) is 0 Å².